The maximum absolute atomic E-state index is 11.1. The topological polar surface area (TPSA) is 46.6 Å². The minimum Gasteiger partial charge on any atom is -0.272 e. The third kappa shape index (κ3) is 1.22. The Morgan fingerprint density at radius 2 is 1.75 bits per heavy atom. The van der Waals surface area contributed by atoms with E-state index in [0.717, 1.165) is 17.9 Å². The molecular weight excluding hydrogens is 158 g/mol. The lowest BCUT2D eigenvalue weighted by Crippen LogP contribution is -2.33. The van der Waals surface area contributed by atoms with Crippen molar-refractivity contribution in [1.29, 1.82) is 0 Å². The third-order valence-electron chi connectivity index (χ3n) is 2.27. The molecule has 0 aromatic carbocycles. The number of carbonyl (C=O) groups is 2. The van der Waals surface area contributed by atoms with Gasteiger partial charge in [-0.2, -0.15) is 5.06 Å². The molecule has 0 atom stereocenters. The summed E-state index contributed by atoms with van der Waals surface area (Å²) in [5.74, 6) is -0.402. The fourth-order valence-corrected chi connectivity index (χ4v) is 1.15. The van der Waals surface area contributed by atoms with Crippen LogP contribution in [-0.4, -0.2) is 22.5 Å². The van der Waals surface area contributed by atoms with Crippen LogP contribution in [0.1, 0.15) is 32.6 Å². The summed E-state index contributed by atoms with van der Waals surface area (Å²) in [6.07, 6.45) is 2.47. The molecule has 66 valence electrons. The Morgan fingerprint density at radius 3 is 2.17 bits per heavy atom. The fourth-order valence-electron chi connectivity index (χ4n) is 1.15. The van der Waals surface area contributed by atoms with Gasteiger partial charge >= 0.3 is 0 Å². The van der Waals surface area contributed by atoms with Crippen LogP contribution in [0.4, 0.5) is 0 Å². The first-order valence-electron chi connectivity index (χ1n) is 4.16. The summed E-state index contributed by atoms with van der Waals surface area (Å²) in [6, 6.07) is 0. The lowest BCUT2D eigenvalue weighted by Gasteiger charge is -2.17. The first-order chi connectivity index (χ1) is 5.61. The molecule has 1 heterocycles. The van der Waals surface area contributed by atoms with Crippen molar-refractivity contribution in [2.24, 2.45) is 0 Å². The average Bonchev–Trinajstić information content (AvgIpc) is 2.67. The van der Waals surface area contributed by atoms with Crippen LogP contribution in [0.5, 0.6) is 0 Å². The highest BCUT2D eigenvalue weighted by atomic mass is 16.7. The third-order valence-corrected chi connectivity index (χ3v) is 2.27. The fraction of sp³-hybridized carbons (Fsp3) is 0.750. The van der Waals surface area contributed by atoms with Gasteiger partial charge in [0.15, 0.2) is 0 Å². The second kappa shape index (κ2) is 2.29. The van der Waals surface area contributed by atoms with Crippen molar-refractivity contribution in [1.82, 2.24) is 5.06 Å². The largest absolute Gasteiger partial charge is 0.272 e. The summed E-state index contributed by atoms with van der Waals surface area (Å²) in [6.45, 7) is 1.91. The Bertz CT molecular complexity index is 229. The van der Waals surface area contributed by atoms with Crippen molar-refractivity contribution in [2.75, 3.05) is 0 Å². The van der Waals surface area contributed by atoms with Crippen molar-refractivity contribution in [2.45, 2.75) is 38.2 Å². The van der Waals surface area contributed by atoms with Crippen LogP contribution in [-0.2, 0) is 14.4 Å². The number of rotatable bonds is 2. The SMILES string of the molecule is CC1(ON2C(=O)CCC2=O)CC1. The smallest absolute Gasteiger partial charge is 0.254 e. The van der Waals surface area contributed by atoms with Gasteiger partial charge in [-0.15, -0.1) is 0 Å². The van der Waals surface area contributed by atoms with E-state index in [9.17, 15) is 9.59 Å². The molecule has 2 fully saturated rings. The lowest BCUT2D eigenvalue weighted by atomic mass is 10.4. The summed E-state index contributed by atoms with van der Waals surface area (Å²) in [7, 11) is 0. The van der Waals surface area contributed by atoms with Gasteiger partial charge in [0.25, 0.3) is 11.8 Å². The normalized spacial score (nSPS) is 26.6. The predicted molar refractivity (Wildman–Crippen MR) is 39.8 cm³/mol. The molecule has 2 rings (SSSR count). The Balaban J connectivity index is 2.02. The van der Waals surface area contributed by atoms with Gasteiger partial charge in [0, 0.05) is 12.8 Å². The van der Waals surface area contributed by atoms with E-state index in [1.54, 1.807) is 0 Å². The minimum absolute atomic E-state index is 0.201. The highest BCUT2D eigenvalue weighted by Crippen LogP contribution is 2.40. The molecule has 0 radical (unpaired) electrons. The Morgan fingerprint density at radius 1 is 1.25 bits per heavy atom. The number of hydroxylamine groups is 2. The van der Waals surface area contributed by atoms with E-state index >= 15 is 0 Å². The van der Waals surface area contributed by atoms with Gasteiger partial charge in [-0.05, 0) is 19.8 Å². The molecule has 2 amide bonds. The Kier molecular flexibility index (Phi) is 1.48. The molecular formula is C8H11NO3. The molecule has 1 saturated carbocycles. The number of carbonyl (C=O) groups excluding carboxylic acids is 2. The van der Waals surface area contributed by atoms with E-state index in [1.807, 2.05) is 6.92 Å². The van der Waals surface area contributed by atoms with E-state index in [-0.39, 0.29) is 17.4 Å². The van der Waals surface area contributed by atoms with Crippen LogP contribution in [0.25, 0.3) is 0 Å². The highest BCUT2D eigenvalue weighted by molar-refractivity contribution is 6.00. The van der Waals surface area contributed by atoms with Gasteiger partial charge in [0.1, 0.15) is 0 Å². The van der Waals surface area contributed by atoms with Gasteiger partial charge < -0.3 is 0 Å². The maximum atomic E-state index is 11.1. The van der Waals surface area contributed by atoms with Crippen LogP contribution in [0.3, 0.4) is 0 Å². The monoisotopic (exact) mass is 169 g/mol. The summed E-state index contributed by atoms with van der Waals surface area (Å²) in [4.78, 5) is 27.4. The molecule has 4 nitrogen and oxygen atoms in total. The summed E-state index contributed by atoms with van der Waals surface area (Å²) in [5.41, 5.74) is -0.240. The molecule has 1 saturated heterocycles. The molecule has 2 aliphatic rings. The molecule has 4 heteroatoms. The zero-order chi connectivity index (χ0) is 8.77. The summed E-state index contributed by atoms with van der Waals surface area (Å²) < 4.78 is 0. The van der Waals surface area contributed by atoms with Crippen molar-refractivity contribution < 1.29 is 14.4 Å². The molecule has 1 aliphatic carbocycles. The Hall–Kier alpha value is -0.900. The molecule has 0 bridgehead atoms. The minimum atomic E-state index is -0.240. The predicted octanol–water partition coefficient (Wildman–Crippen LogP) is 0.619. The first-order valence-corrected chi connectivity index (χ1v) is 4.16. The first kappa shape index (κ1) is 7.73. The van der Waals surface area contributed by atoms with Crippen LogP contribution in [0, 0.1) is 0 Å². The lowest BCUT2D eigenvalue weighted by molar-refractivity contribution is -0.206. The average molecular weight is 169 g/mol. The number of nitrogens with zero attached hydrogens (tertiary/aromatic N) is 1. The molecule has 0 N–H and O–H groups in total. The van der Waals surface area contributed by atoms with Crippen molar-refractivity contribution in [3.8, 4) is 0 Å². The van der Waals surface area contributed by atoms with Crippen LogP contribution in [0.15, 0.2) is 0 Å². The highest BCUT2D eigenvalue weighted by Gasteiger charge is 2.45. The molecule has 0 unspecified atom stereocenters. The standard InChI is InChI=1S/C8H11NO3/c1-8(4-5-8)12-9-6(10)2-3-7(9)11/h2-5H2,1H3. The zero-order valence-corrected chi connectivity index (χ0v) is 7.00. The van der Waals surface area contributed by atoms with E-state index in [2.05, 4.69) is 0 Å². The van der Waals surface area contributed by atoms with Gasteiger partial charge in [-0.3, -0.25) is 14.4 Å². The van der Waals surface area contributed by atoms with Gasteiger partial charge in [0.05, 0.1) is 5.60 Å². The van der Waals surface area contributed by atoms with Crippen molar-refractivity contribution in [3.63, 3.8) is 0 Å². The number of amides is 2. The van der Waals surface area contributed by atoms with E-state index in [1.165, 1.54) is 0 Å². The van der Waals surface area contributed by atoms with E-state index in [0.29, 0.717) is 12.8 Å². The van der Waals surface area contributed by atoms with Crippen LogP contribution in [0.2, 0.25) is 0 Å². The second-order valence-corrected chi connectivity index (χ2v) is 3.62. The number of hydrogen-bond donors (Lipinski definition) is 0. The van der Waals surface area contributed by atoms with E-state index in [4.69, 9.17) is 4.84 Å². The molecule has 0 spiro atoms. The van der Waals surface area contributed by atoms with Crippen molar-refractivity contribution >= 4 is 11.8 Å². The summed E-state index contributed by atoms with van der Waals surface area (Å²) >= 11 is 0. The molecule has 0 aromatic heterocycles. The van der Waals surface area contributed by atoms with E-state index < -0.39 is 0 Å². The molecule has 1 aliphatic heterocycles. The second-order valence-electron chi connectivity index (χ2n) is 3.62. The quantitative estimate of drug-likeness (QED) is 0.569. The number of imide groups is 1. The molecule has 12 heavy (non-hydrogen) atoms. The zero-order valence-electron chi connectivity index (χ0n) is 7.00. The van der Waals surface area contributed by atoms with Gasteiger partial charge in [-0.1, -0.05) is 0 Å². The van der Waals surface area contributed by atoms with Gasteiger partial charge in [-0.25, -0.2) is 0 Å². The maximum Gasteiger partial charge on any atom is 0.254 e. The van der Waals surface area contributed by atoms with Gasteiger partial charge in [0.2, 0.25) is 0 Å². The Labute approximate surface area is 70.4 Å². The number of hydrogen-bond acceptors (Lipinski definition) is 3. The van der Waals surface area contributed by atoms with Crippen molar-refractivity contribution in [3.05, 3.63) is 0 Å². The summed E-state index contributed by atoms with van der Waals surface area (Å²) in [5, 5.41) is 0.938. The molecule has 0 aromatic rings. The van der Waals surface area contributed by atoms with Crippen LogP contribution < -0.4 is 0 Å². The van der Waals surface area contributed by atoms with Crippen LogP contribution >= 0.6 is 0 Å².